The van der Waals surface area contributed by atoms with Crippen LogP contribution in [-0.4, -0.2) is 18.3 Å². The van der Waals surface area contributed by atoms with Gasteiger partial charge in [-0.3, -0.25) is 0 Å². The highest BCUT2D eigenvalue weighted by molar-refractivity contribution is 6.51. The molecule has 1 rings (SSSR count). The van der Waals surface area contributed by atoms with Crippen molar-refractivity contribution in [2.75, 3.05) is 0 Å². The predicted octanol–water partition coefficient (Wildman–Crippen LogP) is 3.61. The lowest BCUT2D eigenvalue weighted by atomic mass is 9.78. The van der Waals surface area contributed by atoms with Gasteiger partial charge in [0, 0.05) is 0 Å². The van der Waals surface area contributed by atoms with Gasteiger partial charge in [0.15, 0.2) is 0 Å². The minimum Gasteiger partial charge on any atom is -0.400 e. The second-order valence-corrected chi connectivity index (χ2v) is 6.72. The Balaban J connectivity index is 2.82. The van der Waals surface area contributed by atoms with Gasteiger partial charge >= 0.3 is 7.12 Å². The molecule has 1 aliphatic heterocycles. The molecule has 0 unspecified atom stereocenters. The standard InChI is InChI=1S/C13H25BO2/c1-10(11(2,3)4)9-14-15-12(5,6)13(7,8)16-14/h9H,1-8H3/b10-9+. The number of allylic oxidation sites excluding steroid dienone is 1. The third kappa shape index (κ3) is 2.69. The summed E-state index contributed by atoms with van der Waals surface area (Å²) in [4.78, 5) is 0. The Bertz CT molecular complexity index is 282. The average Bonchev–Trinajstić information content (AvgIpc) is 2.17. The summed E-state index contributed by atoms with van der Waals surface area (Å²) in [7, 11) is -0.218. The molecule has 0 aromatic carbocycles. The van der Waals surface area contributed by atoms with Gasteiger partial charge in [-0.1, -0.05) is 32.3 Å². The van der Waals surface area contributed by atoms with Crippen molar-refractivity contribution in [1.82, 2.24) is 0 Å². The molecule has 0 saturated carbocycles. The quantitative estimate of drug-likeness (QED) is 0.633. The maximum atomic E-state index is 5.93. The van der Waals surface area contributed by atoms with Crippen LogP contribution in [0.15, 0.2) is 11.5 Å². The van der Waals surface area contributed by atoms with Crippen LogP contribution in [0.25, 0.3) is 0 Å². The third-order valence-electron chi connectivity index (χ3n) is 3.84. The molecule has 1 heterocycles. The molecular weight excluding hydrogens is 199 g/mol. The zero-order valence-electron chi connectivity index (χ0n) is 12.0. The highest BCUT2D eigenvalue weighted by Gasteiger charge is 2.50. The highest BCUT2D eigenvalue weighted by Crippen LogP contribution is 2.38. The summed E-state index contributed by atoms with van der Waals surface area (Å²) in [5, 5.41) is 0. The van der Waals surface area contributed by atoms with Gasteiger partial charge in [0.2, 0.25) is 0 Å². The van der Waals surface area contributed by atoms with Crippen molar-refractivity contribution in [3.05, 3.63) is 11.5 Å². The monoisotopic (exact) mass is 224 g/mol. The van der Waals surface area contributed by atoms with Crippen molar-refractivity contribution in [2.45, 2.75) is 66.6 Å². The Morgan fingerprint density at radius 3 is 1.69 bits per heavy atom. The fourth-order valence-corrected chi connectivity index (χ4v) is 1.41. The average molecular weight is 224 g/mol. The van der Waals surface area contributed by atoms with Crippen LogP contribution >= 0.6 is 0 Å². The van der Waals surface area contributed by atoms with Crippen molar-refractivity contribution < 1.29 is 9.31 Å². The Morgan fingerprint density at radius 1 is 1.00 bits per heavy atom. The fourth-order valence-electron chi connectivity index (χ4n) is 1.41. The van der Waals surface area contributed by atoms with Gasteiger partial charge < -0.3 is 9.31 Å². The maximum absolute atomic E-state index is 5.93. The van der Waals surface area contributed by atoms with E-state index in [9.17, 15) is 0 Å². The molecule has 0 spiro atoms. The smallest absolute Gasteiger partial charge is 0.400 e. The van der Waals surface area contributed by atoms with Gasteiger partial charge in [-0.2, -0.15) is 0 Å². The first-order chi connectivity index (χ1) is 6.96. The van der Waals surface area contributed by atoms with Gasteiger partial charge in [0.05, 0.1) is 11.2 Å². The van der Waals surface area contributed by atoms with E-state index < -0.39 is 0 Å². The molecule has 0 atom stereocenters. The molecule has 0 aliphatic carbocycles. The van der Waals surface area contributed by atoms with Crippen LogP contribution in [0.2, 0.25) is 0 Å². The summed E-state index contributed by atoms with van der Waals surface area (Å²) in [6, 6.07) is 0. The zero-order chi connectivity index (χ0) is 12.8. The fraction of sp³-hybridized carbons (Fsp3) is 0.846. The van der Waals surface area contributed by atoms with Gasteiger partial charge in [-0.15, -0.1) is 0 Å². The summed E-state index contributed by atoms with van der Waals surface area (Å²) in [6.07, 6.45) is 0. The highest BCUT2D eigenvalue weighted by atomic mass is 16.7. The molecule has 0 aromatic heterocycles. The molecule has 1 fully saturated rings. The molecule has 0 N–H and O–H groups in total. The Kier molecular flexibility index (Phi) is 3.35. The number of hydrogen-bond acceptors (Lipinski definition) is 2. The largest absolute Gasteiger partial charge is 0.487 e. The van der Waals surface area contributed by atoms with Crippen LogP contribution in [0.4, 0.5) is 0 Å². The molecular formula is C13H25BO2. The van der Waals surface area contributed by atoms with E-state index in [1.165, 1.54) is 5.57 Å². The Hall–Kier alpha value is -0.275. The normalized spacial score (nSPS) is 25.0. The molecule has 1 saturated heterocycles. The predicted molar refractivity (Wildman–Crippen MR) is 69.3 cm³/mol. The maximum Gasteiger partial charge on any atom is 0.487 e. The lowest BCUT2D eigenvalue weighted by molar-refractivity contribution is 0.00578. The molecule has 0 radical (unpaired) electrons. The van der Waals surface area contributed by atoms with Gasteiger partial charge in [-0.25, -0.2) is 0 Å². The molecule has 0 aromatic rings. The van der Waals surface area contributed by atoms with Crippen LogP contribution in [0.1, 0.15) is 55.4 Å². The summed E-state index contributed by atoms with van der Waals surface area (Å²) >= 11 is 0. The van der Waals surface area contributed by atoms with E-state index >= 15 is 0 Å². The van der Waals surface area contributed by atoms with Crippen LogP contribution in [-0.2, 0) is 9.31 Å². The lowest BCUT2D eigenvalue weighted by Crippen LogP contribution is -2.41. The van der Waals surface area contributed by atoms with Crippen LogP contribution in [0.3, 0.4) is 0 Å². The molecule has 0 amide bonds. The molecule has 1 aliphatic rings. The molecule has 92 valence electrons. The molecule has 3 heteroatoms. The molecule has 2 nitrogen and oxygen atoms in total. The van der Waals surface area contributed by atoms with Crippen LogP contribution in [0.5, 0.6) is 0 Å². The van der Waals surface area contributed by atoms with Gasteiger partial charge in [0.25, 0.3) is 0 Å². The van der Waals surface area contributed by atoms with Crippen LogP contribution in [0, 0.1) is 5.41 Å². The third-order valence-corrected chi connectivity index (χ3v) is 3.84. The summed E-state index contributed by atoms with van der Waals surface area (Å²) in [5.41, 5.74) is 0.980. The van der Waals surface area contributed by atoms with E-state index in [2.05, 4.69) is 61.4 Å². The number of rotatable bonds is 1. The minimum atomic E-state index is -0.244. The van der Waals surface area contributed by atoms with E-state index in [0.29, 0.717) is 0 Å². The lowest BCUT2D eigenvalue weighted by Gasteiger charge is -2.32. The Morgan fingerprint density at radius 2 is 1.38 bits per heavy atom. The summed E-state index contributed by atoms with van der Waals surface area (Å²) in [5.74, 6) is 2.09. The van der Waals surface area contributed by atoms with E-state index in [1.54, 1.807) is 0 Å². The minimum absolute atomic E-state index is 0.170. The number of hydrogen-bond donors (Lipinski definition) is 0. The first kappa shape index (κ1) is 13.8. The zero-order valence-corrected chi connectivity index (χ0v) is 12.0. The van der Waals surface area contributed by atoms with Crippen molar-refractivity contribution >= 4 is 7.12 Å². The van der Waals surface area contributed by atoms with Gasteiger partial charge in [-0.05, 0) is 40.0 Å². The SMILES string of the molecule is C/C(=C\B1OC(C)(C)C(C)(C)O1)C(C)(C)C. The summed E-state index contributed by atoms with van der Waals surface area (Å²) in [6.45, 7) is 17.0. The second-order valence-electron chi connectivity index (χ2n) is 6.72. The van der Waals surface area contributed by atoms with Crippen molar-refractivity contribution in [2.24, 2.45) is 5.41 Å². The second kappa shape index (κ2) is 3.88. The first-order valence-electron chi connectivity index (χ1n) is 6.00. The van der Waals surface area contributed by atoms with Gasteiger partial charge in [0.1, 0.15) is 0 Å². The van der Waals surface area contributed by atoms with E-state index in [4.69, 9.17) is 9.31 Å². The van der Waals surface area contributed by atoms with E-state index in [0.717, 1.165) is 0 Å². The molecule has 0 bridgehead atoms. The summed E-state index contributed by atoms with van der Waals surface area (Å²) < 4.78 is 11.9. The Labute approximate surface area is 101 Å². The van der Waals surface area contributed by atoms with Crippen molar-refractivity contribution in [3.8, 4) is 0 Å². The topological polar surface area (TPSA) is 18.5 Å². The van der Waals surface area contributed by atoms with Crippen LogP contribution < -0.4 is 0 Å². The van der Waals surface area contributed by atoms with E-state index in [1.807, 2.05) is 0 Å². The van der Waals surface area contributed by atoms with Crippen molar-refractivity contribution in [3.63, 3.8) is 0 Å². The van der Waals surface area contributed by atoms with E-state index in [-0.39, 0.29) is 23.7 Å². The van der Waals surface area contributed by atoms with Crippen molar-refractivity contribution in [1.29, 1.82) is 0 Å². The first-order valence-corrected chi connectivity index (χ1v) is 6.00. The molecule has 16 heavy (non-hydrogen) atoms.